The standard InChI is InChI=1S/C60H34O2/c1-3-15-37-35(11-1)13-5-17-39(37)41-27-31-53-57-45(41)19-7-23-49(57)51-25-9-21-47-43(29-33-55(61-53)59(47)51)44-30-34-56-60-48(44)22-10-26-52(60)50-24-8-20-46-42(28-32-54(62-56)58(46)50)40-18-6-14-36-12-2-4-16-38(36)40/h1-34H. The zero-order chi connectivity index (χ0) is 40.5. The molecule has 0 atom stereocenters. The molecule has 62 heavy (non-hydrogen) atoms. The Morgan fingerprint density at radius 2 is 0.419 bits per heavy atom. The summed E-state index contributed by atoms with van der Waals surface area (Å²) in [6.07, 6.45) is 0. The van der Waals surface area contributed by atoms with Gasteiger partial charge in [-0.05, 0) is 122 Å². The van der Waals surface area contributed by atoms with Crippen molar-refractivity contribution in [1.29, 1.82) is 0 Å². The highest BCUT2D eigenvalue weighted by atomic mass is 16.3. The van der Waals surface area contributed by atoms with Crippen molar-refractivity contribution in [2.75, 3.05) is 0 Å². The molecule has 286 valence electrons. The average molecular weight is 787 g/mol. The molecule has 0 bridgehead atoms. The van der Waals surface area contributed by atoms with Gasteiger partial charge in [0.25, 0.3) is 0 Å². The van der Waals surface area contributed by atoms with Gasteiger partial charge in [-0.1, -0.05) is 182 Å². The molecule has 2 heteroatoms. The maximum Gasteiger partial charge on any atom is 0.135 e. The molecule has 2 aromatic heterocycles. The van der Waals surface area contributed by atoms with Crippen LogP contribution in [0.15, 0.2) is 215 Å². The zero-order valence-corrected chi connectivity index (χ0v) is 33.4. The molecule has 0 saturated carbocycles. The van der Waals surface area contributed by atoms with Crippen molar-refractivity contribution in [3.05, 3.63) is 206 Å². The molecule has 0 amide bonds. The van der Waals surface area contributed by atoms with E-state index >= 15 is 0 Å². The number of benzene rings is 12. The summed E-state index contributed by atoms with van der Waals surface area (Å²) in [5.74, 6) is 0. The Bertz CT molecular complexity index is 3930. The highest BCUT2D eigenvalue weighted by Crippen LogP contribution is 2.47. The largest absolute Gasteiger partial charge is 0.456 e. The Morgan fingerprint density at radius 3 is 0.758 bits per heavy atom. The third-order valence-electron chi connectivity index (χ3n) is 13.5. The van der Waals surface area contributed by atoms with Crippen molar-refractivity contribution in [1.82, 2.24) is 0 Å². The summed E-state index contributed by atoms with van der Waals surface area (Å²) in [5, 5.41) is 18.8. The van der Waals surface area contributed by atoms with E-state index in [2.05, 4.69) is 206 Å². The van der Waals surface area contributed by atoms with E-state index in [-0.39, 0.29) is 0 Å². The van der Waals surface area contributed by atoms with E-state index < -0.39 is 0 Å². The lowest BCUT2D eigenvalue weighted by Gasteiger charge is -2.13. The lowest BCUT2D eigenvalue weighted by atomic mass is 9.89. The van der Waals surface area contributed by atoms with E-state index in [0.717, 1.165) is 65.8 Å². The molecule has 14 rings (SSSR count). The maximum atomic E-state index is 7.00. The molecular formula is C60H34O2. The Hall–Kier alpha value is -8.20. The lowest BCUT2D eigenvalue weighted by molar-refractivity contribution is 0.663. The Morgan fingerprint density at radius 1 is 0.177 bits per heavy atom. The molecule has 0 N–H and O–H groups in total. The van der Waals surface area contributed by atoms with Crippen LogP contribution in [-0.4, -0.2) is 0 Å². The molecule has 0 spiro atoms. The first-order valence-electron chi connectivity index (χ1n) is 21.3. The Balaban J connectivity index is 1.02. The summed E-state index contributed by atoms with van der Waals surface area (Å²) in [4.78, 5) is 0. The van der Waals surface area contributed by atoms with Crippen LogP contribution in [-0.2, 0) is 0 Å². The first-order chi connectivity index (χ1) is 30.8. The van der Waals surface area contributed by atoms with Crippen molar-refractivity contribution in [2.24, 2.45) is 0 Å². The summed E-state index contributed by atoms with van der Waals surface area (Å²) in [6.45, 7) is 0. The van der Waals surface area contributed by atoms with Crippen LogP contribution < -0.4 is 0 Å². The van der Waals surface area contributed by atoms with Crippen molar-refractivity contribution in [3.63, 3.8) is 0 Å². The minimum absolute atomic E-state index is 0.863. The highest BCUT2D eigenvalue weighted by Gasteiger charge is 2.20. The highest BCUT2D eigenvalue weighted by molar-refractivity contribution is 6.30. The average Bonchev–Trinajstić information content (AvgIpc) is 3.56. The molecule has 0 saturated heterocycles. The summed E-state index contributed by atoms with van der Waals surface area (Å²) in [5.41, 5.74) is 10.6. The second-order valence-electron chi connectivity index (χ2n) is 16.6. The van der Waals surface area contributed by atoms with Crippen LogP contribution in [0.4, 0.5) is 0 Å². The van der Waals surface area contributed by atoms with Gasteiger partial charge in [-0.15, -0.1) is 0 Å². The van der Waals surface area contributed by atoms with E-state index in [1.807, 2.05) is 0 Å². The summed E-state index contributed by atoms with van der Waals surface area (Å²) >= 11 is 0. The van der Waals surface area contributed by atoms with Gasteiger partial charge in [0.05, 0.1) is 0 Å². The maximum absolute atomic E-state index is 7.00. The number of fused-ring (bicyclic) bond motifs is 4. The van der Waals surface area contributed by atoms with Gasteiger partial charge in [-0.3, -0.25) is 0 Å². The van der Waals surface area contributed by atoms with Crippen LogP contribution in [0.2, 0.25) is 0 Å². The Labute approximate surface area is 355 Å². The van der Waals surface area contributed by atoms with Crippen LogP contribution in [0.5, 0.6) is 0 Å². The first-order valence-corrected chi connectivity index (χ1v) is 21.3. The summed E-state index contributed by atoms with van der Waals surface area (Å²) in [6, 6.07) is 74.9. The molecule has 0 aliphatic rings. The van der Waals surface area contributed by atoms with Gasteiger partial charge < -0.3 is 8.83 Å². The van der Waals surface area contributed by atoms with Gasteiger partial charge in [0.1, 0.15) is 22.3 Å². The quantitative estimate of drug-likeness (QED) is 0.178. The van der Waals surface area contributed by atoms with E-state index in [0.29, 0.717) is 0 Å². The number of rotatable bonds is 3. The third kappa shape index (κ3) is 4.64. The van der Waals surface area contributed by atoms with E-state index in [4.69, 9.17) is 8.83 Å². The van der Waals surface area contributed by atoms with Gasteiger partial charge in [0.2, 0.25) is 0 Å². The molecule has 0 unspecified atom stereocenters. The smallest absolute Gasteiger partial charge is 0.135 e. The molecule has 14 aromatic rings. The van der Waals surface area contributed by atoms with E-state index in [9.17, 15) is 0 Å². The molecule has 2 nitrogen and oxygen atoms in total. The van der Waals surface area contributed by atoms with Gasteiger partial charge in [0, 0.05) is 21.5 Å². The summed E-state index contributed by atoms with van der Waals surface area (Å²) in [7, 11) is 0. The third-order valence-corrected chi connectivity index (χ3v) is 13.5. The first kappa shape index (κ1) is 33.6. The molecule has 0 fully saturated rings. The molecule has 0 aliphatic heterocycles. The SMILES string of the molecule is c1ccc2c(-c3ccc4oc5ccc(-c6ccc7oc8ccc(-c9cccc%10ccccc9%10)c9cccc(c%10cccc6c7%10)c89)c6cccc(c7cccc3c47)c56)cccc2c1. The molecule has 2 heterocycles. The van der Waals surface area contributed by atoms with Crippen LogP contribution in [0.3, 0.4) is 0 Å². The minimum Gasteiger partial charge on any atom is -0.456 e. The van der Waals surface area contributed by atoms with Gasteiger partial charge >= 0.3 is 0 Å². The number of hydrogen-bond donors (Lipinski definition) is 0. The van der Waals surface area contributed by atoms with E-state index in [1.54, 1.807) is 0 Å². The second-order valence-corrected chi connectivity index (χ2v) is 16.6. The van der Waals surface area contributed by atoms with Crippen molar-refractivity contribution in [2.45, 2.75) is 0 Å². The fraction of sp³-hybridized carbons (Fsp3) is 0. The zero-order valence-electron chi connectivity index (χ0n) is 33.4. The predicted octanol–water partition coefficient (Wildman–Crippen LogP) is 17.4. The van der Waals surface area contributed by atoms with Crippen LogP contribution in [0, 0.1) is 0 Å². The molecule has 0 radical (unpaired) electrons. The lowest BCUT2D eigenvalue weighted by Crippen LogP contribution is -1.87. The Kier molecular flexibility index (Phi) is 6.86. The van der Waals surface area contributed by atoms with Crippen LogP contribution >= 0.6 is 0 Å². The fourth-order valence-corrected chi connectivity index (χ4v) is 10.8. The van der Waals surface area contributed by atoms with Crippen molar-refractivity contribution in [3.8, 4) is 33.4 Å². The predicted molar refractivity (Wildman–Crippen MR) is 262 cm³/mol. The van der Waals surface area contributed by atoms with Crippen LogP contribution in [0.25, 0.3) is 142 Å². The van der Waals surface area contributed by atoms with Crippen LogP contribution in [0.1, 0.15) is 0 Å². The molecule has 0 aliphatic carbocycles. The number of hydrogen-bond acceptors (Lipinski definition) is 2. The van der Waals surface area contributed by atoms with Crippen molar-refractivity contribution < 1.29 is 8.83 Å². The summed E-state index contributed by atoms with van der Waals surface area (Å²) < 4.78 is 14.0. The normalized spacial score (nSPS) is 12.2. The van der Waals surface area contributed by atoms with Gasteiger partial charge in [0.15, 0.2) is 0 Å². The van der Waals surface area contributed by atoms with E-state index in [1.165, 1.54) is 76.1 Å². The monoisotopic (exact) mass is 786 g/mol. The fourth-order valence-electron chi connectivity index (χ4n) is 10.8. The minimum atomic E-state index is 0.863. The van der Waals surface area contributed by atoms with Gasteiger partial charge in [-0.25, -0.2) is 0 Å². The topological polar surface area (TPSA) is 26.3 Å². The molecular weight excluding hydrogens is 753 g/mol. The molecule has 12 aromatic carbocycles. The second kappa shape index (κ2) is 12.7. The van der Waals surface area contributed by atoms with Gasteiger partial charge in [-0.2, -0.15) is 0 Å². The van der Waals surface area contributed by atoms with Crippen molar-refractivity contribution >= 4 is 109 Å².